The van der Waals surface area contributed by atoms with Gasteiger partial charge in [-0.15, -0.1) is 12.8 Å². The van der Waals surface area contributed by atoms with Gasteiger partial charge in [0, 0.05) is 33.0 Å². The maximum absolute atomic E-state index is 10.1. The van der Waals surface area contributed by atoms with Crippen LogP contribution in [-0.2, 0) is 0 Å². The van der Waals surface area contributed by atoms with E-state index in [1.807, 2.05) is 13.0 Å². The molecular weight excluding hydrogens is 260 g/mol. The number of hydrogen-bond acceptors (Lipinski definition) is 4. The Bertz CT molecular complexity index is 389. The molecule has 1 aliphatic heterocycles. The number of carboxylic acid groups (broad SMARTS) is 1. The number of carbonyl (C=O) groups is 1. The highest BCUT2D eigenvalue weighted by molar-refractivity contribution is 5.64. The molecule has 0 aliphatic carbocycles. The summed E-state index contributed by atoms with van der Waals surface area (Å²) >= 11 is 0. The Morgan fingerprint density at radius 2 is 1.95 bits per heavy atom. The van der Waals surface area contributed by atoms with Crippen molar-refractivity contribution in [1.82, 2.24) is 9.80 Å². The summed E-state index contributed by atoms with van der Waals surface area (Å²) in [6.07, 6.45) is 9.27. The molecule has 0 bridgehead atoms. The lowest BCUT2D eigenvalue weighted by molar-refractivity contribution is 0.0351. The monoisotopic (exact) mass is 282 g/mol. The van der Waals surface area contributed by atoms with Crippen molar-refractivity contribution in [2.24, 2.45) is 0 Å². The van der Waals surface area contributed by atoms with E-state index in [0.717, 1.165) is 18.0 Å². The molecule has 1 fully saturated rings. The molecule has 6 nitrogen and oxygen atoms in total. The average molecular weight is 282 g/mol. The number of hydrogen-bond donors (Lipinski definition) is 3. The molecule has 20 heavy (non-hydrogen) atoms. The van der Waals surface area contributed by atoms with Crippen LogP contribution in [0, 0.1) is 24.7 Å². The second kappa shape index (κ2) is 8.44. The van der Waals surface area contributed by atoms with Crippen LogP contribution in [0.3, 0.4) is 0 Å². The fourth-order valence-corrected chi connectivity index (χ4v) is 1.52. The van der Waals surface area contributed by atoms with E-state index in [0.29, 0.717) is 12.8 Å². The van der Waals surface area contributed by atoms with E-state index in [-0.39, 0.29) is 6.54 Å². The Hall–Kier alpha value is -1.73. The predicted octanol–water partition coefficient (Wildman–Crippen LogP) is -0.333. The zero-order valence-electron chi connectivity index (χ0n) is 11.9. The number of aliphatic hydroxyl groups excluding tert-OH is 1. The molecule has 1 saturated heterocycles. The van der Waals surface area contributed by atoms with Crippen molar-refractivity contribution in [3.05, 3.63) is 0 Å². The van der Waals surface area contributed by atoms with Gasteiger partial charge in [-0.1, -0.05) is 11.8 Å². The molecule has 0 aromatic carbocycles. The van der Waals surface area contributed by atoms with Crippen LogP contribution >= 0.6 is 0 Å². The minimum atomic E-state index is -1.10. The van der Waals surface area contributed by atoms with Crippen LogP contribution in [-0.4, -0.2) is 76.6 Å². The number of rotatable bonds is 2. The second-order valence-corrected chi connectivity index (χ2v) is 4.82. The van der Waals surface area contributed by atoms with Gasteiger partial charge in [0.2, 0.25) is 0 Å². The smallest absolute Gasteiger partial charge is 0.407 e. The lowest BCUT2D eigenvalue weighted by Gasteiger charge is -2.32. The number of likely N-dealkylation sites (tertiary alicyclic amines) is 1. The summed E-state index contributed by atoms with van der Waals surface area (Å²) in [5, 5.41) is 26.5. The number of aliphatic hydroxyl groups is 2. The predicted molar refractivity (Wildman–Crippen MR) is 76.0 cm³/mol. The highest BCUT2D eigenvalue weighted by Gasteiger charge is 2.28. The van der Waals surface area contributed by atoms with Crippen LogP contribution in [0.4, 0.5) is 4.79 Å². The Morgan fingerprint density at radius 1 is 1.45 bits per heavy atom. The highest BCUT2D eigenvalue weighted by Crippen LogP contribution is 2.19. The first-order valence-electron chi connectivity index (χ1n) is 6.21. The third-order valence-electron chi connectivity index (χ3n) is 3.05. The van der Waals surface area contributed by atoms with Crippen LogP contribution < -0.4 is 0 Å². The summed E-state index contributed by atoms with van der Waals surface area (Å²) < 4.78 is 0. The van der Waals surface area contributed by atoms with E-state index < -0.39 is 17.8 Å². The van der Waals surface area contributed by atoms with Gasteiger partial charge in [0.05, 0.1) is 6.54 Å². The lowest BCUT2D eigenvalue weighted by atomic mass is 9.93. The normalized spacial score (nSPS) is 18.7. The molecule has 112 valence electrons. The van der Waals surface area contributed by atoms with E-state index in [9.17, 15) is 9.90 Å². The number of nitrogens with zero attached hydrogens (tertiary/aromatic N) is 2. The molecule has 1 heterocycles. The van der Waals surface area contributed by atoms with Crippen LogP contribution in [0.15, 0.2) is 0 Å². The van der Waals surface area contributed by atoms with E-state index in [1.54, 1.807) is 0 Å². The van der Waals surface area contributed by atoms with Crippen molar-refractivity contribution in [3.63, 3.8) is 0 Å². The van der Waals surface area contributed by atoms with Crippen LogP contribution in [0.5, 0.6) is 0 Å². The number of terminal acetylenes is 2. The number of piperidine rings is 1. The highest BCUT2D eigenvalue weighted by atomic mass is 16.4. The molecule has 6 heteroatoms. The first-order chi connectivity index (χ1) is 9.24. The molecule has 0 radical (unpaired) electrons. The minimum Gasteiger partial charge on any atom is -0.465 e. The van der Waals surface area contributed by atoms with E-state index in [4.69, 9.17) is 23.1 Å². The van der Waals surface area contributed by atoms with Crippen molar-refractivity contribution in [3.8, 4) is 24.7 Å². The topological polar surface area (TPSA) is 84.2 Å². The van der Waals surface area contributed by atoms with Gasteiger partial charge in [0.15, 0.2) is 0 Å². The molecule has 1 unspecified atom stereocenters. The third kappa shape index (κ3) is 7.01. The van der Waals surface area contributed by atoms with Crippen molar-refractivity contribution in [2.45, 2.75) is 24.5 Å². The molecular formula is C14H22N2O4. The van der Waals surface area contributed by atoms with Crippen LogP contribution in [0.25, 0.3) is 0 Å². The molecule has 1 rings (SSSR count). The second-order valence-electron chi connectivity index (χ2n) is 4.82. The fourth-order valence-electron chi connectivity index (χ4n) is 1.52. The molecule has 0 spiro atoms. The standard InChI is InChI=1S/C8H13NO.C6H9NO3/c1-3-8(10)4-6-9(2)7-5-8;1-3-5(8)4-7(2)6(9)10/h1,10H,4-7H2,2H3;1,5,8H,4H2,2H3,(H,9,10). The number of amides is 1. The molecule has 1 atom stereocenters. The fraction of sp³-hybridized carbons (Fsp3) is 0.643. The Labute approximate surface area is 120 Å². The lowest BCUT2D eigenvalue weighted by Crippen LogP contribution is -2.41. The van der Waals surface area contributed by atoms with Gasteiger partial charge in [0.25, 0.3) is 0 Å². The van der Waals surface area contributed by atoms with Crippen molar-refractivity contribution in [1.29, 1.82) is 0 Å². The summed E-state index contributed by atoms with van der Waals surface area (Å²) in [7, 11) is 3.37. The number of likely N-dealkylation sites (N-methyl/N-ethyl adjacent to an activating group) is 1. The van der Waals surface area contributed by atoms with Gasteiger partial charge >= 0.3 is 6.09 Å². The molecule has 0 saturated carbocycles. The SMILES string of the molecule is C#CC(O)CN(C)C(=O)O.C#CC1(O)CCN(C)CC1. The van der Waals surface area contributed by atoms with E-state index >= 15 is 0 Å². The summed E-state index contributed by atoms with van der Waals surface area (Å²) in [5.74, 6) is 4.43. The molecule has 0 aromatic rings. The summed E-state index contributed by atoms with van der Waals surface area (Å²) in [6, 6.07) is 0. The van der Waals surface area contributed by atoms with E-state index in [2.05, 4.69) is 10.8 Å². The molecule has 1 aliphatic rings. The Balaban J connectivity index is 0.000000361. The zero-order chi connectivity index (χ0) is 15.8. The molecule has 1 amide bonds. The minimum absolute atomic E-state index is 0.0498. The van der Waals surface area contributed by atoms with Crippen molar-refractivity contribution in [2.75, 3.05) is 33.7 Å². The first kappa shape index (κ1) is 18.3. The summed E-state index contributed by atoms with van der Waals surface area (Å²) in [4.78, 5) is 13.2. The zero-order valence-corrected chi connectivity index (χ0v) is 11.9. The van der Waals surface area contributed by atoms with Gasteiger partial charge in [-0.3, -0.25) is 0 Å². The summed E-state index contributed by atoms with van der Waals surface area (Å²) in [6.45, 7) is 1.76. The third-order valence-corrected chi connectivity index (χ3v) is 3.05. The van der Waals surface area contributed by atoms with Gasteiger partial charge in [-0.2, -0.15) is 0 Å². The maximum atomic E-state index is 10.1. The quantitative estimate of drug-likeness (QED) is 0.604. The van der Waals surface area contributed by atoms with Gasteiger partial charge in [-0.05, 0) is 7.05 Å². The first-order valence-corrected chi connectivity index (χ1v) is 6.21. The molecule has 3 N–H and O–H groups in total. The Morgan fingerprint density at radius 3 is 2.30 bits per heavy atom. The van der Waals surface area contributed by atoms with Crippen LogP contribution in [0.2, 0.25) is 0 Å². The average Bonchev–Trinajstić information content (AvgIpc) is 2.42. The van der Waals surface area contributed by atoms with Crippen molar-refractivity contribution < 1.29 is 20.1 Å². The molecule has 0 aromatic heterocycles. The largest absolute Gasteiger partial charge is 0.465 e. The van der Waals surface area contributed by atoms with Gasteiger partial charge in [0.1, 0.15) is 11.7 Å². The van der Waals surface area contributed by atoms with Crippen molar-refractivity contribution >= 4 is 6.09 Å². The maximum Gasteiger partial charge on any atom is 0.407 e. The van der Waals surface area contributed by atoms with E-state index in [1.165, 1.54) is 7.05 Å². The summed E-state index contributed by atoms with van der Waals surface area (Å²) in [5.41, 5.74) is -0.813. The van der Waals surface area contributed by atoms with Gasteiger partial charge in [-0.25, -0.2) is 4.79 Å². The van der Waals surface area contributed by atoms with Crippen LogP contribution in [0.1, 0.15) is 12.8 Å². The Kier molecular flexibility index (Phi) is 7.71. The van der Waals surface area contributed by atoms with Gasteiger partial charge < -0.3 is 25.1 Å².